The van der Waals surface area contributed by atoms with Crippen LogP contribution in [-0.4, -0.2) is 18.7 Å². The Morgan fingerprint density at radius 3 is 2.76 bits per heavy atom. The molecule has 1 aromatic rings. The summed E-state index contributed by atoms with van der Waals surface area (Å²) in [5.74, 6) is 0.426. The third-order valence-corrected chi connectivity index (χ3v) is 4.03. The summed E-state index contributed by atoms with van der Waals surface area (Å²) < 4.78 is 11.2. The highest BCUT2D eigenvalue weighted by Gasteiger charge is 2.42. The third kappa shape index (κ3) is 4.05. The molecule has 0 saturated heterocycles. The summed E-state index contributed by atoms with van der Waals surface area (Å²) in [6.07, 6.45) is 3.00. The molecule has 112 valence electrons. The second-order valence-electron chi connectivity index (χ2n) is 5.32. The molecule has 4 heteroatoms. The molecule has 4 nitrogen and oxygen atoms in total. The molecule has 0 heterocycles. The van der Waals surface area contributed by atoms with E-state index in [9.17, 15) is 4.79 Å². The normalized spacial score (nSPS) is 24.5. The van der Waals surface area contributed by atoms with Crippen molar-refractivity contribution in [3.05, 3.63) is 30.3 Å². The van der Waals surface area contributed by atoms with Crippen molar-refractivity contribution >= 4 is 5.97 Å². The molecule has 21 heavy (non-hydrogen) atoms. The van der Waals surface area contributed by atoms with E-state index < -0.39 is 0 Å². The van der Waals surface area contributed by atoms with Crippen LogP contribution >= 0.6 is 0 Å². The molecular formula is C17H21NO3. The number of carbonyl (C=O) groups is 1. The van der Waals surface area contributed by atoms with Crippen molar-refractivity contribution in [2.45, 2.75) is 38.7 Å². The second kappa shape index (κ2) is 7.80. The number of esters is 1. The Bertz CT molecular complexity index is 495. The van der Waals surface area contributed by atoms with E-state index in [-0.39, 0.29) is 18.0 Å². The first-order valence-corrected chi connectivity index (χ1v) is 7.51. The average Bonchev–Trinajstić information content (AvgIpc) is 2.91. The number of ether oxygens (including phenoxy) is 2. The van der Waals surface area contributed by atoms with Crippen molar-refractivity contribution in [3.63, 3.8) is 0 Å². The van der Waals surface area contributed by atoms with Gasteiger partial charge >= 0.3 is 5.97 Å². The first-order valence-electron chi connectivity index (χ1n) is 7.51. The number of carbonyl (C=O) groups excluding carboxylic acids is 1. The van der Waals surface area contributed by atoms with Crippen LogP contribution < -0.4 is 4.74 Å². The average molecular weight is 287 g/mol. The Morgan fingerprint density at radius 2 is 2.10 bits per heavy atom. The van der Waals surface area contributed by atoms with Gasteiger partial charge in [-0.25, -0.2) is 0 Å². The van der Waals surface area contributed by atoms with Crippen LogP contribution in [0.3, 0.4) is 0 Å². The Hall–Kier alpha value is -1.86. The maximum Gasteiger partial charge on any atom is 0.317 e. The van der Waals surface area contributed by atoms with Crippen LogP contribution in [0.2, 0.25) is 0 Å². The van der Waals surface area contributed by atoms with E-state index in [2.05, 4.69) is 13.0 Å². The summed E-state index contributed by atoms with van der Waals surface area (Å²) in [5.41, 5.74) is 0. The minimum absolute atomic E-state index is 0.125. The molecule has 1 fully saturated rings. The maximum absolute atomic E-state index is 12.5. The van der Waals surface area contributed by atoms with Crippen LogP contribution in [0.25, 0.3) is 0 Å². The zero-order valence-electron chi connectivity index (χ0n) is 12.3. The molecule has 1 saturated carbocycles. The number of benzene rings is 1. The number of para-hydroxylation sites is 1. The first kappa shape index (κ1) is 15.5. The molecule has 0 aliphatic heterocycles. The Labute approximate surface area is 125 Å². The molecular weight excluding hydrogens is 266 g/mol. The van der Waals surface area contributed by atoms with E-state index in [4.69, 9.17) is 14.7 Å². The van der Waals surface area contributed by atoms with Gasteiger partial charge in [-0.05, 0) is 30.9 Å². The molecule has 0 radical (unpaired) electrons. The monoisotopic (exact) mass is 287 g/mol. The van der Waals surface area contributed by atoms with Crippen LogP contribution in [0, 0.1) is 23.2 Å². The topological polar surface area (TPSA) is 59.3 Å². The predicted molar refractivity (Wildman–Crippen MR) is 78.6 cm³/mol. The number of nitriles is 1. The summed E-state index contributed by atoms with van der Waals surface area (Å²) in [7, 11) is 0. The van der Waals surface area contributed by atoms with Crippen molar-refractivity contribution in [2.24, 2.45) is 11.8 Å². The lowest BCUT2D eigenvalue weighted by molar-refractivity contribution is -0.145. The first-order chi connectivity index (χ1) is 10.3. The summed E-state index contributed by atoms with van der Waals surface area (Å²) in [6.45, 7) is 2.47. The van der Waals surface area contributed by atoms with Gasteiger partial charge in [0, 0.05) is 0 Å². The molecule has 1 aromatic carbocycles. The van der Waals surface area contributed by atoms with E-state index >= 15 is 0 Å². The largest absolute Gasteiger partial charge is 0.426 e. The lowest BCUT2D eigenvalue weighted by Crippen LogP contribution is -2.33. The zero-order chi connectivity index (χ0) is 15.1. The molecule has 1 aliphatic rings. The van der Waals surface area contributed by atoms with Gasteiger partial charge in [0.1, 0.15) is 5.75 Å². The molecule has 3 unspecified atom stereocenters. The fraction of sp³-hybridized carbons (Fsp3) is 0.529. The quantitative estimate of drug-likeness (QED) is 0.457. The van der Waals surface area contributed by atoms with Crippen LogP contribution in [-0.2, 0) is 9.53 Å². The summed E-state index contributed by atoms with van der Waals surface area (Å²) in [6, 6.07) is 11.2. The van der Waals surface area contributed by atoms with Gasteiger partial charge in [0.15, 0.2) is 0 Å². The molecule has 0 bridgehead atoms. The molecule has 0 N–H and O–H groups in total. The predicted octanol–water partition coefficient (Wildman–Crippen LogP) is 3.33. The zero-order valence-corrected chi connectivity index (χ0v) is 12.3. The lowest BCUT2D eigenvalue weighted by atomic mass is 9.92. The van der Waals surface area contributed by atoms with Crippen LogP contribution in [0.1, 0.15) is 32.6 Å². The second-order valence-corrected chi connectivity index (χ2v) is 5.32. The lowest BCUT2D eigenvalue weighted by Gasteiger charge is -2.22. The number of hydrogen-bond donors (Lipinski definition) is 0. The molecule has 3 atom stereocenters. The Balaban J connectivity index is 2.01. The SMILES string of the molecule is CCC1CCC(OCCC#N)C1C(=O)Oc1ccccc1. The molecule has 0 aromatic heterocycles. The number of hydrogen-bond acceptors (Lipinski definition) is 4. The highest BCUT2D eigenvalue weighted by atomic mass is 16.5. The van der Waals surface area contributed by atoms with E-state index in [0.29, 0.717) is 24.7 Å². The van der Waals surface area contributed by atoms with Crippen molar-refractivity contribution in [3.8, 4) is 11.8 Å². The van der Waals surface area contributed by atoms with Crippen LogP contribution in [0.5, 0.6) is 5.75 Å². The highest BCUT2D eigenvalue weighted by molar-refractivity contribution is 5.76. The third-order valence-electron chi connectivity index (χ3n) is 4.03. The van der Waals surface area contributed by atoms with Gasteiger partial charge in [0.05, 0.1) is 31.1 Å². The number of rotatable bonds is 6. The molecule has 1 aliphatic carbocycles. The van der Waals surface area contributed by atoms with Crippen LogP contribution in [0.4, 0.5) is 0 Å². The van der Waals surface area contributed by atoms with Gasteiger partial charge in [-0.15, -0.1) is 0 Å². The minimum atomic E-state index is -0.228. The fourth-order valence-electron chi connectivity index (χ4n) is 2.96. The van der Waals surface area contributed by atoms with Gasteiger partial charge in [-0.3, -0.25) is 4.79 Å². The standard InChI is InChI=1S/C17H21NO3/c1-2-13-9-10-15(20-12-6-11-18)16(13)17(19)21-14-7-4-3-5-8-14/h3-5,7-8,13,15-16H,2,6,9-10,12H2,1H3. The summed E-state index contributed by atoms with van der Waals surface area (Å²) in [5, 5.41) is 8.59. The minimum Gasteiger partial charge on any atom is -0.426 e. The van der Waals surface area contributed by atoms with E-state index in [1.54, 1.807) is 12.1 Å². The van der Waals surface area contributed by atoms with Gasteiger partial charge < -0.3 is 9.47 Å². The Morgan fingerprint density at radius 1 is 1.33 bits per heavy atom. The molecule has 0 amide bonds. The van der Waals surface area contributed by atoms with Crippen molar-refractivity contribution < 1.29 is 14.3 Å². The van der Waals surface area contributed by atoms with Crippen molar-refractivity contribution in [1.29, 1.82) is 5.26 Å². The smallest absolute Gasteiger partial charge is 0.317 e. The highest BCUT2D eigenvalue weighted by Crippen LogP contribution is 2.37. The van der Waals surface area contributed by atoms with E-state index in [1.165, 1.54) is 0 Å². The molecule has 2 rings (SSSR count). The van der Waals surface area contributed by atoms with Gasteiger partial charge in [-0.1, -0.05) is 31.5 Å². The van der Waals surface area contributed by atoms with Crippen molar-refractivity contribution in [2.75, 3.05) is 6.61 Å². The van der Waals surface area contributed by atoms with Crippen LogP contribution in [0.15, 0.2) is 30.3 Å². The summed E-state index contributed by atoms with van der Waals surface area (Å²) >= 11 is 0. The molecule has 0 spiro atoms. The van der Waals surface area contributed by atoms with Gasteiger partial charge in [-0.2, -0.15) is 5.26 Å². The van der Waals surface area contributed by atoms with E-state index in [1.807, 2.05) is 18.2 Å². The maximum atomic E-state index is 12.5. The van der Waals surface area contributed by atoms with Gasteiger partial charge in [0.25, 0.3) is 0 Å². The Kier molecular flexibility index (Phi) is 5.77. The summed E-state index contributed by atoms with van der Waals surface area (Å²) in [4.78, 5) is 12.5. The fourth-order valence-corrected chi connectivity index (χ4v) is 2.96. The number of nitrogens with zero attached hydrogens (tertiary/aromatic N) is 1. The van der Waals surface area contributed by atoms with E-state index in [0.717, 1.165) is 19.3 Å². The van der Waals surface area contributed by atoms with Gasteiger partial charge in [0.2, 0.25) is 0 Å². The van der Waals surface area contributed by atoms with Crippen molar-refractivity contribution in [1.82, 2.24) is 0 Å².